The van der Waals surface area contributed by atoms with E-state index in [-0.39, 0.29) is 39.8 Å². The quantitative estimate of drug-likeness (QED) is 0.508. The van der Waals surface area contributed by atoms with Crippen molar-refractivity contribution in [3.63, 3.8) is 0 Å². The number of rotatable bonds is 5. The summed E-state index contributed by atoms with van der Waals surface area (Å²) in [6.45, 7) is 1.47. The summed E-state index contributed by atoms with van der Waals surface area (Å²) in [5.41, 5.74) is 6.61. The van der Waals surface area contributed by atoms with Crippen LogP contribution in [0.25, 0.3) is 0 Å². The molecule has 7 heteroatoms. The normalized spacial score (nSPS) is 15.9. The first-order valence-corrected chi connectivity index (χ1v) is 9.46. The van der Waals surface area contributed by atoms with Crippen LogP contribution < -0.4 is 11.1 Å². The van der Waals surface area contributed by atoms with E-state index in [0.717, 1.165) is 12.8 Å². The van der Waals surface area contributed by atoms with Crippen LogP contribution in [0.2, 0.25) is 0 Å². The molecule has 4 rings (SSSR count). The number of carbonyl (C=O) groups excluding carboxylic acids is 4. The number of benzene rings is 2. The van der Waals surface area contributed by atoms with Gasteiger partial charge in [0.05, 0.1) is 16.8 Å². The van der Waals surface area contributed by atoms with Gasteiger partial charge in [0, 0.05) is 22.7 Å². The molecule has 1 fully saturated rings. The van der Waals surface area contributed by atoms with Crippen LogP contribution in [-0.4, -0.2) is 36.1 Å². The fourth-order valence-electron chi connectivity index (χ4n) is 3.61. The van der Waals surface area contributed by atoms with Crippen LogP contribution in [0.4, 0.5) is 5.69 Å². The number of hydrogen-bond donors (Lipinski definition) is 2. The van der Waals surface area contributed by atoms with Crippen molar-refractivity contribution in [3.8, 4) is 0 Å². The first-order chi connectivity index (χ1) is 13.9. The van der Waals surface area contributed by atoms with Crippen LogP contribution in [0.5, 0.6) is 0 Å². The van der Waals surface area contributed by atoms with E-state index in [1.54, 1.807) is 24.3 Å². The van der Waals surface area contributed by atoms with Crippen molar-refractivity contribution in [1.29, 1.82) is 0 Å². The number of amides is 1. The Labute approximate surface area is 167 Å². The smallest absolute Gasteiger partial charge is 0.340 e. The highest BCUT2D eigenvalue weighted by molar-refractivity contribution is 6.30. The van der Waals surface area contributed by atoms with Crippen molar-refractivity contribution >= 4 is 29.1 Å². The molecular weight excluding hydrogens is 372 g/mol. The minimum Gasteiger partial charge on any atom is -0.452 e. The van der Waals surface area contributed by atoms with Gasteiger partial charge in [0.1, 0.15) is 0 Å². The molecule has 0 aliphatic heterocycles. The summed E-state index contributed by atoms with van der Waals surface area (Å²) >= 11 is 0. The third kappa shape index (κ3) is 3.40. The molecule has 0 bridgehead atoms. The van der Waals surface area contributed by atoms with Crippen molar-refractivity contribution in [1.82, 2.24) is 5.32 Å². The predicted octanol–water partition coefficient (Wildman–Crippen LogP) is 2.12. The minimum absolute atomic E-state index is 0.00467. The number of nitrogens with two attached hydrogens (primary N) is 1. The van der Waals surface area contributed by atoms with Crippen molar-refractivity contribution < 1.29 is 23.9 Å². The summed E-state index contributed by atoms with van der Waals surface area (Å²) in [4.78, 5) is 49.9. The Kier molecular flexibility index (Phi) is 4.66. The third-order valence-corrected chi connectivity index (χ3v) is 5.41. The molecule has 2 aromatic rings. The molecule has 1 saturated carbocycles. The van der Waals surface area contributed by atoms with Gasteiger partial charge in [0.25, 0.3) is 5.91 Å². The molecule has 0 unspecified atom stereocenters. The molecule has 0 spiro atoms. The highest BCUT2D eigenvalue weighted by atomic mass is 16.5. The van der Waals surface area contributed by atoms with Gasteiger partial charge in [-0.3, -0.25) is 14.4 Å². The maximum atomic E-state index is 12.9. The SMILES string of the molecule is C[C@H](NC(=O)COC(=O)c1ccc2c(c1N)C(=O)c1ccccc1C2=O)C1CC1. The molecule has 148 valence electrons. The molecule has 0 aromatic heterocycles. The van der Waals surface area contributed by atoms with Gasteiger partial charge in [-0.1, -0.05) is 24.3 Å². The van der Waals surface area contributed by atoms with Crippen molar-refractivity contribution in [3.05, 3.63) is 64.2 Å². The fraction of sp³-hybridized carbons (Fsp3) is 0.273. The number of esters is 1. The van der Waals surface area contributed by atoms with E-state index in [1.165, 1.54) is 12.1 Å². The van der Waals surface area contributed by atoms with Gasteiger partial charge in [-0.25, -0.2) is 4.79 Å². The Hall–Kier alpha value is -3.48. The number of nitrogens with one attached hydrogen (secondary N) is 1. The second kappa shape index (κ2) is 7.16. The summed E-state index contributed by atoms with van der Waals surface area (Å²) in [5.74, 6) is -1.47. The van der Waals surface area contributed by atoms with Crippen molar-refractivity contribution in [2.24, 2.45) is 5.92 Å². The van der Waals surface area contributed by atoms with E-state index >= 15 is 0 Å². The molecule has 7 nitrogen and oxygen atoms in total. The van der Waals surface area contributed by atoms with Gasteiger partial charge < -0.3 is 15.8 Å². The molecule has 2 aromatic carbocycles. The lowest BCUT2D eigenvalue weighted by atomic mass is 9.82. The Morgan fingerprint density at radius 2 is 1.72 bits per heavy atom. The number of fused-ring (bicyclic) bond motifs is 2. The molecule has 0 radical (unpaired) electrons. The largest absolute Gasteiger partial charge is 0.452 e. The summed E-state index contributed by atoms with van der Waals surface area (Å²) in [6.07, 6.45) is 2.17. The molecule has 0 heterocycles. The van der Waals surface area contributed by atoms with E-state index in [2.05, 4.69) is 5.32 Å². The first kappa shape index (κ1) is 18.9. The number of ketones is 2. The Bertz CT molecular complexity index is 1060. The molecule has 29 heavy (non-hydrogen) atoms. The number of nitrogen functional groups attached to an aromatic ring is 1. The standard InChI is InChI=1S/C22H20N2O5/c1-11(12-6-7-12)24-17(25)10-29-22(28)16-9-8-15-18(19(16)23)21(27)14-5-3-2-4-13(14)20(15)26/h2-5,8-9,11-12H,6-7,10,23H2,1H3,(H,24,25)/t11-/m0/s1. The maximum absolute atomic E-state index is 12.9. The highest BCUT2D eigenvalue weighted by Crippen LogP contribution is 2.33. The minimum atomic E-state index is -0.821. The van der Waals surface area contributed by atoms with Crippen molar-refractivity contribution in [2.45, 2.75) is 25.8 Å². The van der Waals surface area contributed by atoms with Crippen LogP contribution >= 0.6 is 0 Å². The van der Waals surface area contributed by atoms with Crippen LogP contribution in [0.1, 0.15) is 62.0 Å². The third-order valence-electron chi connectivity index (χ3n) is 5.41. The van der Waals surface area contributed by atoms with Gasteiger partial charge in [0.15, 0.2) is 18.2 Å². The molecule has 1 atom stereocenters. The van der Waals surface area contributed by atoms with Crippen LogP contribution in [-0.2, 0) is 9.53 Å². The van der Waals surface area contributed by atoms with Crippen LogP contribution in [0, 0.1) is 5.92 Å². The van der Waals surface area contributed by atoms with E-state index in [1.807, 2.05) is 6.92 Å². The van der Waals surface area contributed by atoms with Gasteiger partial charge >= 0.3 is 5.97 Å². The van der Waals surface area contributed by atoms with Gasteiger partial charge in [-0.05, 0) is 37.8 Å². The van der Waals surface area contributed by atoms with Crippen LogP contribution in [0.15, 0.2) is 36.4 Å². The van der Waals surface area contributed by atoms with E-state index < -0.39 is 24.3 Å². The Morgan fingerprint density at radius 3 is 2.38 bits per heavy atom. The zero-order valence-corrected chi connectivity index (χ0v) is 15.9. The number of carbonyl (C=O) groups is 4. The van der Waals surface area contributed by atoms with Gasteiger partial charge in [-0.2, -0.15) is 0 Å². The second-order valence-electron chi connectivity index (χ2n) is 7.42. The summed E-state index contributed by atoms with van der Waals surface area (Å²) < 4.78 is 5.07. The average Bonchev–Trinajstić information content (AvgIpc) is 3.55. The van der Waals surface area contributed by atoms with Gasteiger partial charge in [0.2, 0.25) is 0 Å². The highest BCUT2D eigenvalue weighted by Gasteiger charge is 2.33. The molecule has 3 N–H and O–H groups in total. The topological polar surface area (TPSA) is 116 Å². The maximum Gasteiger partial charge on any atom is 0.340 e. The Morgan fingerprint density at radius 1 is 1.07 bits per heavy atom. The lowest BCUT2D eigenvalue weighted by Crippen LogP contribution is -2.37. The number of hydrogen-bond acceptors (Lipinski definition) is 6. The zero-order valence-electron chi connectivity index (χ0n) is 15.9. The summed E-state index contributed by atoms with van der Waals surface area (Å²) in [7, 11) is 0. The van der Waals surface area contributed by atoms with Gasteiger partial charge in [-0.15, -0.1) is 0 Å². The average molecular weight is 392 g/mol. The summed E-state index contributed by atoms with van der Waals surface area (Å²) in [5, 5.41) is 2.79. The zero-order chi connectivity index (χ0) is 20.7. The predicted molar refractivity (Wildman–Crippen MR) is 105 cm³/mol. The molecule has 2 aliphatic carbocycles. The second-order valence-corrected chi connectivity index (χ2v) is 7.42. The van der Waals surface area contributed by atoms with Crippen molar-refractivity contribution in [2.75, 3.05) is 12.3 Å². The lowest BCUT2D eigenvalue weighted by molar-refractivity contribution is -0.124. The molecule has 1 amide bonds. The monoisotopic (exact) mass is 392 g/mol. The Balaban J connectivity index is 1.53. The lowest BCUT2D eigenvalue weighted by Gasteiger charge is -2.20. The summed E-state index contributed by atoms with van der Waals surface area (Å²) in [6, 6.07) is 9.25. The van der Waals surface area contributed by atoms with E-state index in [0.29, 0.717) is 11.5 Å². The first-order valence-electron chi connectivity index (χ1n) is 9.46. The van der Waals surface area contributed by atoms with E-state index in [4.69, 9.17) is 10.5 Å². The van der Waals surface area contributed by atoms with Crippen LogP contribution in [0.3, 0.4) is 0 Å². The van der Waals surface area contributed by atoms with E-state index in [9.17, 15) is 19.2 Å². The molecule has 2 aliphatic rings. The molecule has 0 saturated heterocycles. The number of ether oxygens (including phenoxy) is 1. The number of anilines is 1. The molecular formula is C22H20N2O5. The fourth-order valence-corrected chi connectivity index (χ4v) is 3.61.